The summed E-state index contributed by atoms with van der Waals surface area (Å²) in [5.74, 6) is -0.714. The number of benzene rings is 4. The van der Waals surface area contributed by atoms with Crippen LogP contribution in [0.15, 0.2) is 91.0 Å². The minimum absolute atomic E-state index is 0.0431. The van der Waals surface area contributed by atoms with Gasteiger partial charge < -0.3 is 9.47 Å². The Bertz CT molecular complexity index is 1580. The maximum Gasteiger partial charge on any atom is 0.338 e. The molecule has 0 aromatic heterocycles. The van der Waals surface area contributed by atoms with Gasteiger partial charge in [-0.15, -0.1) is 0 Å². The summed E-state index contributed by atoms with van der Waals surface area (Å²) in [5.41, 5.74) is 2.58. The van der Waals surface area contributed by atoms with E-state index in [4.69, 9.17) is 9.47 Å². The molecule has 0 unspecified atom stereocenters. The summed E-state index contributed by atoms with van der Waals surface area (Å²) in [6.45, 7) is 1.85. The first-order chi connectivity index (χ1) is 18.3. The summed E-state index contributed by atoms with van der Waals surface area (Å²) < 4.78 is 11.2. The van der Waals surface area contributed by atoms with Crippen molar-refractivity contribution >= 4 is 29.2 Å². The average Bonchev–Trinajstić information content (AvgIpc) is 3.17. The third kappa shape index (κ3) is 4.85. The molecule has 0 saturated carbocycles. The maximum atomic E-state index is 13.0. The molecule has 0 spiro atoms. The molecule has 188 valence electrons. The highest BCUT2D eigenvalue weighted by atomic mass is 16.6. The van der Waals surface area contributed by atoms with Crippen LogP contribution in [-0.4, -0.2) is 22.7 Å². The standard InChI is InChI=1S/C29H20N2O7/c1-18-5-8-21(9-6-18)30-27(32)25-14-7-20(16-26(25)28(30)33)29(34)37-17-19-3-2-4-24(15-19)38-23-12-10-22(11-13-23)31(35)36/h2-16H,17H2,1H3. The van der Waals surface area contributed by atoms with E-state index in [-0.39, 0.29) is 29.0 Å². The second-order valence-electron chi connectivity index (χ2n) is 8.62. The Labute approximate surface area is 217 Å². The average molecular weight is 508 g/mol. The largest absolute Gasteiger partial charge is 0.457 e. The Morgan fingerprint density at radius 1 is 0.842 bits per heavy atom. The van der Waals surface area contributed by atoms with Gasteiger partial charge in [0.15, 0.2) is 0 Å². The molecule has 0 radical (unpaired) electrons. The van der Waals surface area contributed by atoms with E-state index in [2.05, 4.69) is 0 Å². The van der Waals surface area contributed by atoms with Crippen LogP contribution in [0.25, 0.3) is 0 Å². The number of carbonyl (C=O) groups excluding carboxylic acids is 3. The topological polar surface area (TPSA) is 116 Å². The van der Waals surface area contributed by atoms with Crippen LogP contribution in [-0.2, 0) is 11.3 Å². The molecule has 0 atom stereocenters. The van der Waals surface area contributed by atoms with Crippen molar-refractivity contribution < 1.29 is 28.8 Å². The third-order valence-corrected chi connectivity index (χ3v) is 5.97. The fourth-order valence-corrected chi connectivity index (χ4v) is 4.00. The number of amides is 2. The molecule has 1 aliphatic heterocycles. The molecule has 4 aromatic rings. The molecule has 1 aliphatic rings. The molecule has 38 heavy (non-hydrogen) atoms. The van der Waals surface area contributed by atoms with E-state index in [1.807, 2.05) is 19.1 Å². The number of anilines is 1. The second-order valence-corrected chi connectivity index (χ2v) is 8.62. The predicted octanol–water partition coefficient (Wildman–Crippen LogP) is 5.85. The lowest BCUT2D eigenvalue weighted by molar-refractivity contribution is -0.384. The van der Waals surface area contributed by atoms with E-state index in [0.717, 1.165) is 10.5 Å². The van der Waals surface area contributed by atoms with E-state index in [1.165, 1.54) is 42.5 Å². The van der Waals surface area contributed by atoms with Crippen LogP contribution in [0.3, 0.4) is 0 Å². The van der Waals surface area contributed by atoms with Gasteiger partial charge >= 0.3 is 5.97 Å². The lowest BCUT2D eigenvalue weighted by Crippen LogP contribution is -2.29. The number of nitro benzene ring substituents is 1. The van der Waals surface area contributed by atoms with Gasteiger partial charge in [-0.05, 0) is 67.1 Å². The van der Waals surface area contributed by atoms with Crippen molar-refractivity contribution in [1.29, 1.82) is 0 Å². The molecule has 9 heteroatoms. The molecular formula is C29H20N2O7. The molecule has 2 amide bonds. The van der Waals surface area contributed by atoms with Crippen LogP contribution in [0.2, 0.25) is 0 Å². The van der Waals surface area contributed by atoms with Crippen molar-refractivity contribution in [2.75, 3.05) is 4.90 Å². The molecule has 9 nitrogen and oxygen atoms in total. The number of nitrogens with zero attached hydrogens (tertiary/aromatic N) is 2. The highest BCUT2D eigenvalue weighted by Gasteiger charge is 2.37. The summed E-state index contributed by atoms with van der Waals surface area (Å²) in [7, 11) is 0. The number of imide groups is 1. The summed E-state index contributed by atoms with van der Waals surface area (Å²) in [6, 6.07) is 23.8. The van der Waals surface area contributed by atoms with Crippen molar-refractivity contribution in [3.05, 3.63) is 129 Å². The fraction of sp³-hybridized carbons (Fsp3) is 0.0690. The Balaban J connectivity index is 1.26. The highest BCUT2D eigenvalue weighted by molar-refractivity contribution is 6.34. The smallest absolute Gasteiger partial charge is 0.338 e. The van der Waals surface area contributed by atoms with Gasteiger partial charge in [0.1, 0.15) is 18.1 Å². The first kappa shape index (κ1) is 24.4. The van der Waals surface area contributed by atoms with Gasteiger partial charge in [-0.1, -0.05) is 29.8 Å². The van der Waals surface area contributed by atoms with Gasteiger partial charge in [0.25, 0.3) is 17.5 Å². The summed E-state index contributed by atoms with van der Waals surface area (Å²) in [6.07, 6.45) is 0. The van der Waals surface area contributed by atoms with Crippen LogP contribution >= 0.6 is 0 Å². The van der Waals surface area contributed by atoms with E-state index in [9.17, 15) is 24.5 Å². The van der Waals surface area contributed by atoms with Crippen LogP contribution in [0.5, 0.6) is 11.5 Å². The van der Waals surface area contributed by atoms with Crippen molar-refractivity contribution in [3.63, 3.8) is 0 Å². The zero-order valence-corrected chi connectivity index (χ0v) is 20.1. The summed E-state index contributed by atoms with van der Waals surface area (Å²) in [5, 5.41) is 10.8. The van der Waals surface area contributed by atoms with Gasteiger partial charge in [-0.25, -0.2) is 9.69 Å². The van der Waals surface area contributed by atoms with Crippen molar-refractivity contribution in [3.8, 4) is 11.5 Å². The molecule has 0 aliphatic carbocycles. The van der Waals surface area contributed by atoms with E-state index in [0.29, 0.717) is 22.7 Å². The molecule has 0 fully saturated rings. The van der Waals surface area contributed by atoms with Gasteiger partial charge in [-0.2, -0.15) is 0 Å². The number of carbonyl (C=O) groups is 3. The zero-order valence-electron chi connectivity index (χ0n) is 20.1. The monoisotopic (exact) mass is 508 g/mol. The third-order valence-electron chi connectivity index (χ3n) is 5.97. The number of ether oxygens (including phenoxy) is 2. The number of hydrogen-bond acceptors (Lipinski definition) is 7. The Kier molecular flexibility index (Phi) is 6.40. The van der Waals surface area contributed by atoms with Crippen molar-refractivity contribution in [2.24, 2.45) is 0 Å². The number of nitro groups is 1. The van der Waals surface area contributed by atoms with Crippen LogP contribution in [0.1, 0.15) is 42.2 Å². The van der Waals surface area contributed by atoms with Gasteiger partial charge in [0.2, 0.25) is 0 Å². The minimum atomic E-state index is -0.650. The van der Waals surface area contributed by atoms with Crippen molar-refractivity contribution in [1.82, 2.24) is 0 Å². The molecule has 0 N–H and O–H groups in total. The first-order valence-corrected chi connectivity index (χ1v) is 11.6. The van der Waals surface area contributed by atoms with Crippen molar-refractivity contribution in [2.45, 2.75) is 13.5 Å². The second kappa shape index (κ2) is 9.98. The summed E-state index contributed by atoms with van der Waals surface area (Å²) >= 11 is 0. The minimum Gasteiger partial charge on any atom is -0.457 e. The number of fused-ring (bicyclic) bond motifs is 1. The number of rotatable bonds is 7. The first-order valence-electron chi connectivity index (χ1n) is 11.6. The lowest BCUT2D eigenvalue weighted by atomic mass is 10.1. The Hall–Kier alpha value is -5.31. The molecule has 4 aromatic carbocycles. The number of non-ortho nitro benzene ring substituents is 1. The molecular weight excluding hydrogens is 488 g/mol. The highest BCUT2D eigenvalue weighted by Crippen LogP contribution is 2.30. The fourth-order valence-electron chi connectivity index (χ4n) is 4.00. The van der Waals surface area contributed by atoms with E-state index < -0.39 is 22.7 Å². The van der Waals surface area contributed by atoms with Gasteiger partial charge in [0, 0.05) is 12.1 Å². The number of hydrogen-bond donors (Lipinski definition) is 0. The van der Waals surface area contributed by atoms with Gasteiger partial charge in [-0.3, -0.25) is 19.7 Å². The Morgan fingerprint density at radius 2 is 1.55 bits per heavy atom. The van der Waals surface area contributed by atoms with E-state index >= 15 is 0 Å². The molecule has 0 bridgehead atoms. The Morgan fingerprint density at radius 3 is 2.26 bits per heavy atom. The molecule has 5 rings (SSSR count). The number of esters is 1. The maximum absolute atomic E-state index is 13.0. The van der Waals surface area contributed by atoms with Crippen LogP contribution in [0, 0.1) is 17.0 Å². The van der Waals surface area contributed by atoms with Crippen LogP contribution < -0.4 is 9.64 Å². The molecule has 1 heterocycles. The quantitative estimate of drug-likeness (QED) is 0.133. The van der Waals surface area contributed by atoms with E-state index in [1.54, 1.807) is 36.4 Å². The SMILES string of the molecule is Cc1ccc(N2C(=O)c3ccc(C(=O)OCc4cccc(Oc5ccc([N+](=O)[O-])cc5)c4)cc3C2=O)cc1. The molecule has 0 saturated heterocycles. The zero-order chi connectivity index (χ0) is 26.8. The number of aryl methyl sites for hydroxylation is 1. The van der Waals surface area contributed by atoms with Gasteiger partial charge in [0.05, 0.1) is 27.3 Å². The lowest BCUT2D eigenvalue weighted by Gasteiger charge is -2.13. The van der Waals surface area contributed by atoms with Crippen LogP contribution in [0.4, 0.5) is 11.4 Å². The predicted molar refractivity (Wildman–Crippen MR) is 137 cm³/mol. The summed E-state index contributed by atoms with van der Waals surface area (Å²) in [4.78, 5) is 50.0. The normalized spacial score (nSPS) is 12.3.